The fourth-order valence-corrected chi connectivity index (χ4v) is 3.80. The summed E-state index contributed by atoms with van der Waals surface area (Å²) >= 11 is 0. The first-order valence-corrected chi connectivity index (χ1v) is 9.48. The third-order valence-electron chi connectivity index (χ3n) is 5.39. The molecule has 1 N–H and O–H groups in total. The number of carboxylic acid groups (broad SMARTS) is 1. The highest BCUT2D eigenvalue weighted by molar-refractivity contribution is 5.78. The number of hydrogen-bond donors (Lipinski definition) is 1. The van der Waals surface area contributed by atoms with Gasteiger partial charge in [0, 0.05) is 30.4 Å². The predicted molar refractivity (Wildman–Crippen MR) is 105 cm³/mol. The third kappa shape index (κ3) is 4.87. The summed E-state index contributed by atoms with van der Waals surface area (Å²) < 4.78 is 31.7. The zero-order valence-electron chi connectivity index (χ0n) is 16.1. The molecule has 5 nitrogen and oxygen atoms in total. The first-order chi connectivity index (χ1) is 14.2. The van der Waals surface area contributed by atoms with Gasteiger partial charge in [-0.05, 0) is 36.1 Å². The maximum absolute atomic E-state index is 12.5. The molecule has 1 aromatic carbocycles. The number of aliphatic carboxylic acids is 1. The number of likely N-dealkylation sites (tertiary alicyclic amines) is 1. The maximum atomic E-state index is 12.5. The first kappa shape index (κ1) is 21.5. The van der Waals surface area contributed by atoms with Gasteiger partial charge in [-0.15, -0.1) is 0 Å². The number of hydrogen-bond acceptors (Lipinski definition) is 3. The minimum Gasteiger partial charge on any atom is -0.475 e. The average Bonchev–Trinajstić information content (AvgIpc) is 3.07. The number of carbonyl (C=O) groups is 2. The summed E-state index contributed by atoms with van der Waals surface area (Å²) in [4.78, 5) is 27.6. The van der Waals surface area contributed by atoms with Gasteiger partial charge in [0.05, 0.1) is 6.42 Å². The van der Waals surface area contributed by atoms with Gasteiger partial charge in [0.1, 0.15) is 0 Å². The van der Waals surface area contributed by atoms with E-state index in [4.69, 9.17) is 9.90 Å². The lowest BCUT2D eigenvalue weighted by atomic mass is 9.74. The monoisotopic (exact) mass is 418 g/mol. The highest BCUT2D eigenvalue weighted by atomic mass is 19.4. The third-order valence-corrected chi connectivity index (χ3v) is 5.39. The zero-order chi connectivity index (χ0) is 21.8. The van der Waals surface area contributed by atoms with Crippen LogP contribution in [-0.4, -0.2) is 46.1 Å². The van der Waals surface area contributed by atoms with E-state index in [2.05, 4.69) is 41.4 Å². The smallest absolute Gasteiger partial charge is 0.475 e. The summed E-state index contributed by atoms with van der Waals surface area (Å²) in [6.07, 6.45) is 3.66. The van der Waals surface area contributed by atoms with Crippen molar-refractivity contribution in [3.05, 3.63) is 71.6 Å². The summed E-state index contributed by atoms with van der Waals surface area (Å²) in [7, 11) is 0. The van der Waals surface area contributed by atoms with Gasteiger partial charge in [-0.25, -0.2) is 4.79 Å². The lowest BCUT2D eigenvalue weighted by Crippen LogP contribution is -2.44. The molecule has 0 unspecified atom stereocenters. The molecule has 0 saturated carbocycles. The molecule has 30 heavy (non-hydrogen) atoms. The van der Waals surface area contributed by atoms with E-state index >= 15 is 0 Å². The number of nitrogens with zero attached hydrogens (tertiary/aromatic N) is 2. The number of benzene rings is 1. The molecule has 1 amide bonds. The van der Waals surface area contributed by atoms with Crippen molar-refractivity contribution in [1.82, 2.24) is 9.88 Å². The second-order valence-electron chi connectivity index (χ2n) is 7.26. The second-order valence-corrected chi connectivity index (χ2v) is 7.26. The van der Waals surface area contributed by atoms with Gasteiger partial charge in [0.15, 0.2) is 0 Å². The molecule has 1 aromatic heterocycles. The van der Waals surface area contributed by atoms with Crippen LogP contribution >= 0.6 is 0 Å². The van der Waals surface area contributed by atoms with Crippen LogP contribution in [0.1, 0.15) is 29.7 Å². The Morgan fingerprint density at radius 1 is 1.07 bits per heavy atom. The van der Waals surface area contributed by atoms with Crippen LogP contribution in [0.3, 0.4) is 0 Å². The summed E-state index contributed by atoms with van der Waals surface area (Å²) in [5, 5.41) is 7.12. The van der Waals surface area contributed by atoms with Crippen molar-refractivity contribution in [2.24, 2.45) is 0 Å². The summed E-state index contributed by atoms with van der Waals surface area (Å²) in [5.41, 5.74) is 3.75. The van der Waals surface area contributed by atoms with Crippen molar-refractivity contribution < 1.29 is 27.9 Å². The Bertz CT molecular complexity index is 934. The molecule has 0 radical (unpaired) electrons. The van der Waals surface area contributed by atoms with Crippen LogP contribution in [0.2, 0.25) is 0 Å². The number of alkyl halides is 3. The standard InChI is InChI=1S/C20H20N2O.C2HF3O2/c23-19(15-17-6-3-4-12-21-17)22-13-10-20(11-14-22)9-8-16-5-1-2-7-18(16)20;3-2(4,5)1(6)7/h1-9,12H,10-11,13-15H2;(H,6,7). The van der Waals surface area contributed by atoms with Crippen LogP contribution in [0.5, 0.6) is 0 Å². The maximum Gasteiger partial charge on any atom is 0.490 e. The number of aromatic nitrogens is 1. The van der Waals surface area contributed by atoms with Gasteiger partial charge in [-0.1, -0.05) is 42.5 Å². The van der Waals surface area contributed by atoms with E-state index < -0.39 is 12.1 Å². The highest BCUT2D eigenvalue weighted by Gasteiger charge is 2.39. The fraction of sp³-hybridized carbons (Fsp3) is 0.318. The van der Waals surface area contributed by atoms with E-state index in [1.165, 1.54) is 11.1 Å². The van der Waals surface area contributed by atoms with Crippen LogP contribution in [0.25, 0.3) is 6.08 Å². The number of allylic oxidation sites excluding steroid dienone is 1. The van der Waals surface area contributed by atoms with Crippen LogP contribution in [0.15, 0.2) is 54.7 Å². The Labute approximate surface area is 171 Å². The Hall–Kier alpha value is -3.16. The minimum atomic E-state index is -5.08. The number of piperidine rings is 1. The largest absolute Gasteiger partial charge is 0.490 e. The van der Waals surface area contributed by atoms with Crippen LogP contribution in [-0.2, 0) is 21.4 Å². The topological polar surface area (TPSA) is 70.5 Å². The van der Waals surface area contributed by atoms with Crippen molar-refractivity contribution in [2.45, 2.75) is 30.9 Å². The second kappa shape index (κ2) is 8.69. The number of amides is 1. The number of carbonyl (C=O) groups excluding carboxylic acids is 1. The Balaban J connectivity index is 0.000000318. The molecule has 4 rings (SSSR count). The number of fused-ring (bicyclic) bond motifs is 2. The Kier molecular flexibility index (Phi) is 6.24. The molecule has 0 atom stereocenters. The molecule has 2 aromatic rings. The molecule has 2 heterocycles. The van der Waals surface area contributed by atoms with Crippen molar-refractivity contribution in [2.75, 3.05) is 13.1 Å². The van der Waals surface area contributed by atoms with E-state index in [1.54, 1.807) is 6.20 Å². The van der Waals surface area contributed by atoms with E-state index in [1.807, 2.05) is 23.1 Å². The van der Waals surface area contributed by atoms with Crippen molar-refractivity contribution in [3.63, 3.8) is 0 Å². The van der Waals surface area contributed by atoms with Gasteiger partial charge in [0.25, 0.3) is 0 Å². The van der Waals surface area contributed by atoms with Gasteiger partial charge in [0.2, 0.25) is 5.91 Å². The van der Waals surface area contributed by atoms with E-state index in [0.29, 0.717) is 6.42 Å². The molecule has 8 heteroatoms. The fourth-order valence-electron chi connectivity index (χ4n) is 3.80. The van der Waals surface area contributed by atoms with E-state index in [0.717, 1.165) is 31.6 Å². The lowest BCUT2D eigenvalue weighted by Gasteiger charge is -2.39. The number of halogens is 3. The Morgan fingerprint density at radius 2 is 1.70 bits per heavy atom. The average molecular weight is 418 g/mol. The number of carboxylic acids is 1. The highest BCUT2D eigenvalue weighted by Crippen LogP contribution is 2.43. The van der Waals surface area contributed by atoms with E-state index in [-0.39, 0.29) is 11.3 Å². The molecule has 1 saturated heterocycles. The summed E-state index contributed by atoms with van der Waals surface area (Å²) in [5.74, 6) is -2.57. The molecule has 1 spiro atoms. The molecular formula is C22H21F3N2O3. The molecule has 1 aliphatic carbocycles. The molecular weight excluding hydrogens is 397 g/mol. The predicted octanol–water partition coefficient (Wildman–Crippen LogP) is 3.84. The molecule has 0 bridgehead atoms. The SMILES string of the molecule is O=C(Cc1ccccn1)N1CCC2(C=Cc3ccccc32)CC1.O=C(O)C(F)(F)F. The van der Waals surface area contributed by atoms with Crippen LogP contribution < -0.4 is 0 Å². The number of rotatable bonds is 2. The van der Waals surface area contributed by atoms with E-state index in [9.17, 15) is 18.0 Å². The van der Waals surface area contributed by atoms with Crippen molar-refractivity contribution in [3.8, 4) is 0 Å². The molecule has 2 aliphatic rings. The van der Waals surface area contributed by atoms with Gasteiger partial charge >= 0.3 is 12.1 Å². The zero-order valence-corrected chi connectivity index (χ0v) is 16.1. The van der Waals surface area contributed by atoms with Crippen molar-refractivity contribution in [1.29, 1.82) is 0 Å². The van der Waals surface area contributed by atoms with Crippen LogP contribution in [0, 0.1) is 0 Å². The quantitative estimate of drug-likeness (QED) is 0.805. The molecule has 1 fully saturated rings. The number of pyridine rings is 1. The normalized spacial score (nSPS) is 16.6. The lowest BCUT2D eigenvalue weighted by molar-refractivity contribution is -0.192. The van der Waals surface area contributed by atoms with Crippen LogP contribution in [0.4, 0.5) is 13.2 Å². The first-order valence-electron chi connectivity index (χ1n) is 9.48. The summed E-state index contributed by atoms with van der Waals surface area (Å²) in [6, 6.07) is 14.3. The van der Waals surface area contributed by atoms with Gasteiger partial charge in [-0.3, -0.25) is 9.78 Å². The minimum absolute atomic E-state index is 0.137. The molecule has 1 aliphatic heterocycles. The molecule has 158 valence electrons. The van der Waals surface area contributed by atoms with Gasteiger partial charge < -0.3 is 10.0 Å². The van der Waals surface area contributed by atoms with Gasteiger partial charge in [-0.2, -0.15) is 13.2 Å². The summed E-state index contributed by atoms with van der Waals surface area (Å²) in [6.45, 7) is 1.65. The Morgan fingerprint density at radius 3 is 2.30 bits per heavy atom. The van der Waals surface area contributed by atoms with Crippen molar-refractivity contribution >= 4 is 18.0 Å².